The maximum absolute atomic E-state index is 12.6. The molecule has 1 saturated carbocycles. The van der Waals surface area contributed by atoms with E-state index in [0.29, 0.717) is 13.0 Å². The highest BCUT2D eigenvalue weighted by Crippen LogP contribution is 2.48. The molecule has 2 unspecified atom stereocenters. The van der Waals surface area contributed by atoms with Crippen LogP contribution in [0.25, 0.3) is 0 Å². The molecule has 2 atom stereocenters. The molecule has 7 heteroatoms. The molecule has 0 saturated heterocycles. The second-order valence-corrected chi connectivity index (χ2v) is 6.76. The number of rotatable bonds is 5. The zero-order valence-electron chi connectivity index (χ0n) is 14.5. The van der Waals surface area contributed by atoms with Crippen LogP contribution >= 0.6 is 0 Å². The van der Waals surface area contributed by atoms with E-state index < -0.39 is 17.7 Å². The highest BCUT2D eigenvalue weighted by Gasteiger charge is 2.45. The van der Waals surface area contributed by atoms with Crippen LogP contribution in [0.1, 0.15) is 39.4 Å². The predicted octanol–water partition coefficient (Wildman–Crippen LogP) is 4.17. The van der Waals surface area contributed by atoms with E-state index in [2.05, 4.69) is 0 Å². The Hall–Kier alpha value is -2.83. The van der Waals surface area contributed by atoms with Crippen LogP contribution in [0.4, 0.5) is 13.2 Å². The zero-order valence-corrected chi connectivity index (χ0v) is 14.5. The van der Waals surface area contributed by atoms with Crippen LogP contribution in [0, 0.1) is 5.92 Å². The summed E-state index contributed by atoms with van der Waals surface area (Å²) in [6.07, 6.45) is -3.75. The fourth-order valence-electron chi connectivity index (χ4n) is 3.14. The number of hydrogen-bond donors (Lipinski definition) is 1. The number of carbonyl (C=O) groups is 2. The predicted molar refractivity (Wildman–Crippen MR) is 92.2 cm³/mol. The van der Waals surface area contributed by atoms with Gasteiger partial charge in [-0.05, 0) is 47.7 Å². The Morgan fingerprint density at radius 1 is 1.07 bits per heavy atom. The van der Waals surface area contributed by atoms with Gasteiger partial charge in [0, 0.05) is 19.5 Å². The van der Waals surface area contributed by atoms with Gasteiger partial charge in [0.1, 0.15) is 0 Å². The van der Waals surface area contributed by atoms with Gasteiger partial charge in [-0.3, -0.25) is 4.79 Å². The minimum Gasteiger partial charge on any atom is -0.478 e. The molecule has 1 amide bonds. The topological polar surface area (TPSA) is 57.6 Å². The molecule has 1 aliphatic carbocycles. The van der Waals surface area contributed by atoms with Gasteiger partial charge in [0.2, 0.25) is 5.91 Å². The molecule has 1 fully saturated rings. The van der Waals surface area contributed by atoms with E-state index in [1.807, 2.05) is 0 Å². The molecule has 0 bridgehead atoms. The number of nitrogens with zero attached hydrogens (tertiary/aromatic N) is 1. The Morgan fingerprint density at radius 2 is 1.67 bits per heavy atom. The third-order valence-electron chi connectivity index (χ3n) is 4.77. The van der Waals surface area contributed by atoms with Crippen LogP contribution in [-0.2, 0) is 17.5 Å². The fourth-order valence-corrected chi connectivity index (χ4v) is 3.14. The van der Waals surface area contributed by atoms with Gasteiger partial charge in [0.25, 0.3) is 0 Å². The van der Waals surface area contributed by atoms with E-state index >= 15 is 0 Å². The average molecular weight is 377 g/mol. The van der Waals surface area contributed by atoms with E-state index in [1.165, 1.54) is 24.3 Å². The molecule has 0 spiro atoms. The zero-order chi connectivity index (χ0) is 19.8. The summed E-state index contributed by atoms with van der Waals surface area (Å²) < 4.78 is 37.9. The van der Waals surface area contributed by atoms with Crippen molar-refractivity contribution in [2.45, 2.75) is 25.1 Å². The van der Waals surface area contributed by atoms with Crippen molar-refractivity contribution < 1.29 is 27.9 Å². The Kier molecular flexibility index (Phi) is 4.95. The van der Waals surface area contributed by atoms with Crippen LogP contribution in [0.5, 0.6) is 0 Å². The number of hydrogen-bond acceptors (Lipinski definition) is 2. The van der Waals surface area contributed by atoms with Crippen LogP contribution in [0.3, 0.4) is 0 Å². The van der Waals surface area contributed by atoms with E-state index in [9.17, 15) is 22.8 Å². The molecule has 0 aromatic heterocycles. The molecule has 0 aliphatic heterocycles. The van der Waals surface area contributed by atoms with Gasteiger partial charge in [-0.25, -0.2) is 4.79 Å². The lowest BCUT2D eigenvalue weighted by molar-refractivity contribution is -0.137. The monoisotopic (exact) mass is 377 g/mol. The minimum atomic E-state index is -4.37. The first kappa shape index (κ1) is 18.9. The summed E-state index contributed by atoms with van der Waals surface area (Å²) in [5.74, 6) is -1.37. The summed E-state index contributed by atoms with van der Waals surface area (Å²) in [4.78, 5) is 25.0. The summed E-state index contributed by atoms with van der Waals surface area (Å²) in [6.45, 7) is 0.342. The van der Waals surface area contributed by atoms with E-state index in [1.54, 1.807) is 24.1 Å². The number of alkyl halides is 3. The molecule has 1 N–H and O–H groups in total. The lowest BCUT2D eigenvalue weighted by Gasteiger charge is -2.17. The maximum atomic E-state index is 12.6. The Balaban J connectivity index is 1.59. The SMILES string of the molecule is CN(Cc1ccc(C(=O)O)cc1)C(=O)C1CC1c1ccc(C(F)(F)F)cc1. The van der Waals surface area contributed by atoms with Crippen molar-refractivity contribution in [2.24, 2.45) is 5.92 Å². The second-order valence-electron chi connectivity index (χ2n) is 6.76. The van der Waals surface area contributed by atoms with E-state index in [0.717, 1.165) is 23.3 Å². The standard InChI is InChI=1S/C20H18F3NO3/c1-24(11-12-2-4-14(5-3-12)19(26)27)18(25)17-10-16(17)13-6-8-15(9-7-13)20(21,22)23/h2-9,16-17H,10-11H2,1H3,(H,26,27). The lowest BCUT2D eigenvalue weighted by Crippen LogP contribution is -2.28. The molecule has 0 heterocycles. The number of carbonyl (C=O) groups excluding carboxylic acids is 1. The van der Waals surface area contributed by atoms with Crippen molar-refractivity contribution in [1.82, 2.24) is 4.90 Å². The van der Waals surface area contributed by atoms with Gasteiger partial charge in [-0.1, -0.05) is 24.3 Å². The highest BCUT2D eigenvalue weighted by molar-refractivity contribution is 5.87. The van der Waals surface area contributed by atoms with Gasteiger partial charge in [-0.2, -0.15) is 13.2 Å². The van der Waals surface area contributed by atoms with Crippen molar-refractivity contribution in [2.75, 3.05) is 7.05 Å². The average Bonchev–Trinajstić information content (AvgIpc) is 3.41. The van der Waals surface area contributed by atoms with E-state index in [-0.39, 0.29) is 23.3 Å². The number of amides is 1. The van der Waals surface area contributed by atoms with Gasteiger partial charge in [0.05, 0.1) is 11.1 Å². The van der Waals surface area contributed by atoms with Crippen molar-refractivity contribution in [3.8, 4) is 0 Å². The van der Waals surface area contributed by atoms with Gasteiger partial charge >= 0.3 is 12.1 Å². The molecule has 0 radical (unpaired) electrons. The summed E-state index contributed by atoms with van der Waals surface area (Å²) in [5, 5.41) is 8.90. The molecule has 142 valence electrons. The highest BCUT2D eigenvalue weighted by atomic mass is 19.4. The maximum Gasteiger partial charge on any atom is 0.416 e. The molecule has 3 rings (SSSR count). The van der Waals surface area contributed by atoms with Crippen LogP contribution in [0.2, 0.25) is 0 Å². The Morgan fingerprint density at radius 3 is 2.19 bits per heavy atom. The lowest BCUT2D eigenvalue weighted by atomic mass is 10.1. The molecule has 1 aliphatic rings. The first-order valence-electron chi connectivity index (χ1n) is 8.41. The number of carboxylic acid groups (broad SMARTS) is 1. The molecule has 2 aromatic carbocycles. The van der Waals surface area contributed by atoms with Crippen LogP contribution < -0.4 is 0 Å². The Bertz CT molecular complexity index is 844. The smallest absolute Gasteiger partial charge is 0.416 e. The summed E-state index contributed by atoms with van der Waals surface area (Å²) in [7, 11) is 1.66. The molecular formula is C20H18F3NO3. The normalized spacial score (nSPS) is 18.8. The first-order chi connectivity index (χ1) is 12.7. The van der Waals surface area contributed by atoms with Crippen molar-refractivity contribution in [3.63, 3.8) is 0 Å². The van der Waals surface area contributed by atoms with Crippen LogP contribution in [-0.4, -0.2) is 28.9 Å². The Labute approximate surface area is 154 Å². The fraction of sp³-hybridized carbons (Fsp3) is 0.300. The number of carboxylic acids is 1. The molecular weight excluding hydrogens is 359 g/mol. The number of aromatic carboxylic acids is 1. The van der Waals surface area contributed by atoms with Gasteiger partial charge in [-0.15, -0.1) is 0 Å². The number of benzene rings is 2. The minimum absolute atomic E-state index is 0.0587. The summed E-state index contributed by atoms with van der Waals surface area (Å²) in [6, 6.07) is 11.2. The molecule has 4 nitrogen and oxygen atoms in total. The summed E-state index contributed by atoms with van der Waals surface area (Å²) in [5.41, 5.74) is 1.03. The van der Waals surface area contributed by atoms with Crippen molar-refractivity contribution >= 4 is 11.9 Å². The van der Waals surface area contributed by atoms with Crippen molar-refractivity contribution in [1.29, 1.82) is 0 Å². The first-order valence-corrected chi connectivity index (χ1v) is 8.41. The third-order valence-corrected chi connectivity index (χ3v) is 4.77. The molecule has 2 aromatic rings. The quantitative estimate of drug-likeness (QED) is 0.851. The second kappa shape index (κ2) is 7.06. The van der Waals surface area contributed by atoms with Gasteiger partial charge < -0.3 is 10.0 Å². The number of halogens is 3. The van der Waals surface area contributed by atoms with Crippen LogP contribution in [0.15, 0.2) is 48.5 Å². The summed E-state index contributed by atoms with van der Waals surface area (Å²) >= 11 is 0. The van der Waals surface area contributed by atoms with Gasteiger partial charge in [0.15, 0.2) is 0 Å². The van der Waals surface area contributed by atoms with Crippen molar-refractivity contribution in [3.05, 3.63) is 70.8 Å². The third kappa shape index (κ3) is 4.30. The molecule has 27 heavy (non-hydrogen) atoms. The van der Waals surface area contributed by atoms with E-state index in [4.69, 9.17) is 5.11 Å². The largest absolute Gasteiger partial charge is 0.478 e.